The normalized spacial score (nSPS) is 13.0. The topological polar surface area (TPSA) is 120 Å². The minimum Gasteiger partial charge on any atom is -0.497 e. The molecule has 0 heterocycles. The summed E-state index contributed by atoms with van der Waals surface area (Å²) in [4.78, 5) is 51.5. The monoisotopic (exact) mass is 558 g/mol. The molecule has 0 aliphatic heterocycles. The van der Waals surface area contributed by atoms with E-state index in [0.717, 1.165) is 5.56 Å². The summed E-state index contributed by atoms with van der Waals surface area (Å²) < 4.78 is 16.0. The lowest BCUT2D eigenvalue weighted by atomic mass is 9.83. The summed E-state index contributed by atoms with van der Waals surface area (Å²) in [5.74, 6) is -0.316. The molecule has 0 bridgehead atoms. The number of amides is 1. The summed E-state index contributed by atoms with van der Waals surface area (Å²) in [5, 5.41) is 5.82. The molecule has 0 saturated carbocycles. The van der Waals surface area contributed by atoms with Gasteiger partial charge in [0.15, 0.2) is 11.6 Å². The quantitative estimate of drug-likeness (QED) is 0.207. The van der Waals surface area contributed by atoms with Crippen molar-refractivity contribution in [3.8, 4) is 5.75 Å². The lowest BCUT2D eigenvalue weighted by Crippen LogP contribution is -2.45. The average molecular weight is 559 g/mol. The van der Waals surface area contributed by atoms with E-state index in [2.05, 4.69) is 10.6 Å². The molecule has 0 unspecified atom stereocenters. The average Bonchev–Trinajstić information content (AvgIpc) is 2.94. The van der Waals surface area contributed by atoms with E-state index in [4.69, 9.17) is 14.2 Å². The minimum atomic E-state index is -0.962. The molecule has 2 N–H and O–H groups in total. The molecular weight excluding hydrogens is 524 g/mol. The van der Waals surface area contributed by atoms with E-state index < -0.39 is 23.7 Å². The standard InChI is InChI=1S/C32H34N2O7/c1-32(2,3)41-31(38)34-26(19-20-13-15-21(39-4)16-14-20)30(37)40-18-8-17-33-25-12-7-11-24-27(25)29(36)23-10-6-5-9-22(23)28(24)35/h5-7,9-16,26,33H,8,17-19H2,1-4H3,(H,34,38)/t26-/m0/s1. The van der Waals surface area contributed by atoms with Crippen molar-refractivity contribution in [3.05, 3.63) is 94.5 Å². The van der Waals surface area contributed by atoms with Gasteiger partial charge in [-0.1, -0.05) is 48.5 Å². The maximum Gasteiger partial charge on any atom is 0.408 e. The number of nitrogens with one attached hydrogen (secondary N) is 2. The van der Waals surface area contributed by atoms with Gasteiger partial charge in [-0.05, 0) is 51.0 Å². The highest BCUT2D eigenvalue weighted by atomic mass is 16.6. The molecule has 1 aliphatic carbocycles. The van der Waals surface area contributed by atoms with Crippen LogP contribution in [-0.2, 0) is 20.7 Å². The second-order valence-electron chi connectivity index (χ2n) is 10.6. The van der Waals surface area contributed by atoms with Gasteiger partial charge in [0.1, 0.15) is 17.4 Å². The number of fused-ring (bicyclic) bond motifs is 2. The van der Waals surface area contributed by atoms with Crippen molar-refractivity contribution >= 4 is 29.3 Å². The summed E-state index contributed by atoms with van der Waals surface area (Å²) in [6.45, 7) is 5.68. The van der Waals surface area contributed by atoms with Crippen LogP contribution in [0.25, 0.3) is 0 Å². The van der Waals surface area contributed by atoms with Gasteiger partial charge in [0.05, 0.1) is 19.3 Å². The number of alkyl carbamates (subject to hydrolysis) is 1. The van der Waals surface area contributed by atoms with Gasteiger partial charge in [-0.2, -0.15) is 0 Å². The summed E-state index contributed by atoms with van der Waals surface area (Å²) in [6.07, 6.45) is -0.0894. The number of carbonyl (C=O) groups excluding carboxylic acids is 4. The van der Waals surface area contributed by atoms with Crippen molar-refractivity contribution in [3.63, 3.8) is 0 Å². The highest BCUT2D eigenvalue weighted by Crippen LogP contribution is 2.31. The Labute approximate surface area is 239 Å². The molecule has 41 heavy (non-hydrogen) atoms. The first kappa shape index (κ1) is 29.3. The van der Waals surface area contributed by atoms with Gasteiger partial charge in [0, 0.05) is 35.3 Å². The van der Waals surface area contributed by atoms with Gasteiger partial charge in [-0.3, -0.25) is 9.59 Å². The molecule has 4 rings (SSSR count). The molecule has 9 nitrogen and oxygen atoms in total. The molecule has 9 heteroatoms. The Morgan fingerprint density at radius 2 is 1.51 bits per heavy atom. The zero-order valence-corrected chi connectivity index (χ0v) is 23.6. The number of benzene rings is 3. The van der Waals surface area contributed by atoms with Crippen molar-refractivity contribution < 1.29 is 33.4 Å². The Morgan fingerprint density at radius 3 is 2.17 bits per heavy atom. The predicted octanol–water partition coefficient (Wildman–Crippen LogP) is 4.95. The van der Waals surface area contributed by atoms with Crippen LogP contribution in [-0.4, -0.2) is 55.5 Å². The number of ketones is 2. The van der Waals surface area contributed by atoms with E-state index in [1.807, 2.05) is 12.1 Å². The Kier molecular flexibility index (Phi) is 9.07. The van der Waals surface area contributed by atoms with E-state index >= 15 is 0 Å². The van der Waals surface area contributed by atoms with Crippen LogP contribution in [0.2, 0.25) is 0 Å². The van der Waals surface area contributed by atoms with E-state index in [-0.39, 0.29) is 24.6 Å². The molecule has 3 aromatic rings. The summed E-state index contributed by atoms with van der Waals surface area (Å²) in [7, 11) is 1.57. The van der Waals surface area contributed by atoms with Gasteiger partial charge >= 0.3 is 12.1 Å². The SMILES string of the molecule is COc1ccc(C[C@H](NC(=O)OC(C)(C)C)C(=O)OCCCNc2cccc3c2C(=O)c2ccccc2C3=O)cc1. The second kappa shape index (κ2) is 12.7. The summed E-state index contributed by atoms with van der Waals surface area (Å²) >= 11 is 0. The zero-order valence-electron chi connectivity index (χ0n) is 23.6. The molecule has 1 atom stereocenters. The molecule has 0 saturated heterocycles. The predicted molar refractivity (Wildman–Crippen MR) is 154 cm³/mol. The molecule has 1 aliphatic rings. The molecule has 0 spiro atoms. The van der Waals surface area contributed by atoms with Gasteiger partial charge in [-0.15, -0.1) is 0 Å². The van der Waals surface area contributed by atoms with Crippen LogP contribution in [0, 0.1) is 0 Å². The number of hydrogen-bond acceptors (Lipinski definition) is 8. The third-order valence-electron chi connectivity index (χ3n) is 6.41. The highest BCUT2D eigenvalue weighted by molar-refractivity contribution is 6.30. The fourth-order valence-corrected chi connectivity index (χ4v) is 4.50. The highest BCUT2D eigenvalue weighted by Gasteiger charge is 2.31. The lowest BCUT2D eigenvalue weighted by molar-refractivity contribution is -0.146. The van der Waals surface area contributed by atoms with Crippen LogP contribution in [0.15, 0.2) is 66.7 Å². The third-order valence-corrected chi connectivity index (χ3v) is 6.41. The third kappa shape index (κ3) is 7.30. The van der Waals surface area contributed by atoms with Crippen LogP contribution in [0.4, 0.5) is 10.5 Å². The fraction of sp³-hybridized carbons (Fsp3) is 0.312. The molecule has 214 valence electrons. The van der Waals surface area contributed by atoms with Crippen LogP contribution >= 0.6 is 0 Å². The van der Waals surface area contributed by atoms with E-state index in [9.17, 15) is 19.2 Å². The largest absolute Gasteiger partial charge is 0.497 e. The van der Waals surface area contributed by atoms with E-state index in [1.165, 1.54) is 0 Å². The first-order chi connectivity index (χ1) is 19.6. The Morgan fingerprint density at radius 1 is 0.854 bits per heavy atom. The van der Waals surface area contributed by atoms with Crippen LogP contribution in [0.3, 0.4) is 0 Å². The van der Waals surface area contributed by atoms with Crippen molar-refractivity contribution in [1.29, 1.82) is 0 Å². The van der Waals surface area contributed by atoms with Gasteiger partial charge in [0.25, 0.3) is 0 Å². The number of ether oxygens (including phenoxy) is 3. The van der Waals surface area contributed by atoms with Gasteiger partial charge in [0.2, 0.25) is 0 Å². The van der Waals surface area contributed by atoms with E-state index in [0.29, 0.717) is 46.7 Å². The van der Waals surface area contributed by atoms with Crippen molar-refractivity contribution in [2.75, 3.05) is 25.6 Å². The van der Waals surface area contributed by atoms with Gasteiger partial charge in [-0.25, -0.2) is 9.59 Å². The van der Waals surface area contributed by atoms with Gasteiger partial charge < -0.3 is 24.8 Å². The number of hydrogen-bond donors (Lipinski definition) is 2. The van der Waals surface area contributed by atoms with Crippen LogP contribution < -0.4 is 15.4 Å². The Bertz CT molecular complexity index is 1440. The van der Waals surface area contributed by atoms with Crippen molar-refractivity contribution in [2.24, 2.45) is 0 Å². The first-order valence-corrected chi connectivity index (χ1v) is 13.4. The lowest BCUT2D eigenvalue weighted by Gasteiger charge is -2.23. The maximum absolute atomic E-state index is 13.2. The minimum absolute atomic E-state index is 0.0751. The zero-order chi connectivity index (χ0) is 29.6. The summed E-state index contributed by atoms with van der Waals surface area (Å²) in [5.41, 5.74) is 2.11. The second-order valence-corrected chi connectivity index (χ2v) is 10.6. The smallest absolute Gasteiger partial charge is 0.408 e. The van der Waals surface area contributed by atoms with Crippen LogP contribution in [0.5, 0.6) is 5.75 Å². The molecule has 0 radical (unpaired) electrons. The number of carbonyl (C=O) groups is 4. The molecule has 1 amide bonds. The number of anilines is 1. The summed E-state index contributed by atoms with van der Waals surface area (Å²) in [6, 6.07) is 18.1. The number of esters is 1. The fourth-order valence-electron chi connectivity index (χ4n) is 4.50. The molecular formula is C32H34N2O7. The van der Waals surface area contributed by atoms with Crippen LogP contribution in [0.1, 0.15) is 64.6 Å². The molecule has 3 aromatic carbocycles. The number of rotatable bonds is 10. The Hall–Kier alpha value is -4.66. The van der Waals surface area contributed by atoms with E-state index in [1.54, 1.807) is 82.5 Å². The van der Waals surface area contributed by atoms with Crippen molar-refractivity contribution in [2.45, 2.75) is 45.3 Å². The maximum atomic E-state index is 13.2. The Balaban J connectivity index is 1.35. The van der Waals surface area contributed by atoms with Crippen molar-refractivity contribution in [1.82, 2.24) is 5.32 Å². The first-order valence-electron chi connectivity index (χ1n) is 13.4. The molecule has 0 aromatic heterocycles. The molecule has 0 fully saturated rings. The number of methoxy groups -OCH3 is 1.